The van der Waals surface area contributed by atoms with Crippen molar-refractivity contribution < 1.29 is 9.84 Å². The maximum Gasteiger partial charge on any atom is 0.0670 e. The summed E-state index contributed by atoms with van der Waals surface area (Å²) < 4.78 is 5.12. The number of allylic oxidation sites excluding steroid dienone is 1. The molecule has 0 fully saturated rings. The molecule has 0 spiro atoms. The number of nitrogens with zero attached hydrogens (tertiary/aromatic N) is 1. The van der Waals surface area contributed by atoms with Crippen LogP contribution in [0.4, 0.5) is 0 Å². The number of rotatable bonds is 10. The molecular formula is C14H23NO2S. The van der Waals surface area contributed by atoms with E-state index in [4.69, 9.17) is 4.74 Å². The molecule has 0 aliphatic heterocycles. The zero-order chi connectivity index (χ0) is 13.2. The zero-order valence-electron chi connectivity index (χ0n) is 11.0. The highest BCUT2D eigenvalue weighted by Crippen LogP contribution is 2.12. The summed E-state index contributed by atoms with van der Waals surface area (Å²) in [5, 5.41) is 12.0. The lowest BCUT2D eigenvalue weighted by atomic mass is 10.2. The highest BCUT2D eigenvalue weighted by molar-refractivity contribution is 7.09. The van der Waals surface area contributed by atoms with Crippen molar-refractivity contribution in [1.29, 1.82) is 0 Å². The smallest absolute Gasteiger partial charge is 0.0670 e. The van der Waals surface area contributed by atoms with Crippen molar-refractivity contribution in [2.75, 3.05) is 26.8 Å². The highest BCUT2D eigenvalue weighted by atomic mass is 32.1. The molecule has 0 amide bonds. The van der Waals surface area contributed by atoms with Crippen molar-refractivity contribution in [3.05, 3.63) is 35.0 Å². The summed E-state index contributed by atoms with van der Waals surface area (Å²) in [5.74, 6) is 0. The Hall–Kier alpha value is -0.680. The topological polar surface area (TPSA) is 32.7 Å². The van der Waals surface area contributed by atoms with Crippen LogP contribution in [0.25, 0.3) is 0 Å². The molecule has 1 N–H and O–H groups in total. The summed E-state index contributed by atoms with van der Waals surface area (Å²) in [6.07, 6.45) is 3.19. The molecule has 0 unspecified atom stereocenters. The van der Waals surface area contributed by atoms with Gasteiger partial charge in [-0.05, 0) is 24.3 Å². The molecule has 1 heterocycles. The van der Waals surface area contributed by atoms with Gasteiger partial charge < -0.3 is 9.84 Å². The van der Waals surface area contributed by atoms with Crippen molar-refractivity contribution in [2.45, 2.75) is 25.5 Å². The molecule has 3 nitrogen and oxygen atoms in total. The summed E-state index contributed by atoms with van der Waals surface area (Å²) >= 11 is 1.75. The highest BCUT2D eigenvalue weighted by Gasteiger charge is 2.12. The minimum atomic E-state index is -0.292. The SMILES string of the molecule is C=CCC[C@H](O)CN(CCOC)Cc1cccs1. The van der Waals surface area contributed by atoms with Crippen LogP contribution < -0.4 is 0 Å². The van der Waals surface area contributed by atoms with Gasteiger partial charge in [-0.2, -0.15) is 0 Å². The van der Waals surface area contributed by atoms with Crippen molar-refractivity contribution in [3.63, 3.8) is 0 Å². The molecule has 0 saturated carbocycles. The number of hydrogen-bond donors (Lipinski definition) is 1. The van der Waals surface area contributed by atoms with Gasteiger partial charge in [0.1, 0.15) is 0 Å². The number of ether oxygens (including phenoxy) is 1. The summed E-state index contributed by atoms with van der Waals surface area (Å²) in [6.45, 7) is 6.79. The Labute approximate surface area is 114 Å². The van der Waals surface area contributed by atoms with Crippen molar-refractivity contribution in [1.82, 2.24) is 4.90 Å². The van der Waals surface area contributed by atoms with E-state index in [1.165, 1.54) is 4.88 Å². The van der Waals surface area contributed by atoms with Crippen molar-refractivity contribution >= 4 is 11.3 Å². The third kappa shape index (κ3) is 6.31. The minimum absolute atomic E-state index is 0.292. The van der Waals surface area contributed by atoms with Gasteiger partial charge in [0, 0.05) is 31.6 Å². The number of aliphatic hydroxyl groups is 1. The Kier molecular flexibility index (Phi) is 7.93. The molecular weight excluding hydrogens is 246 g/mol. The fourth-order valence-corrected chi connectivity index (χ4v) is 2.52. The van der Waals surface area contributed by atoms with Gasteiger partial charge in [-0.1, -0.05) is 12.1 Å². The second-order valence-corrected chi connectivity index (χ2v) is 5.36. The largest absolute Gasteiger partial charge is 0.392 e. The molecule has 1 rings (SSSR count). The van der Waals surface area contributed by atoms with Crippen LogP contribution in [-0.2, 0) is 11.3 Å². The Balaban J connectivity index is 2.41. The van der Waals surface area contributed by atoms with Crippen LogP contribution in [0.15, 0.2) is 30.2 Å². The van der Waals surface area contributed by atoms with E-state index in [9.17, 15) is 5.11 Å². The first-order chi connectivity index (χ1) is 8.76. The van der Waals surface area contributed by atoms with Gasteiger partial charge in [-0.25, -0.2) is 0 Å². The molecule has 0 aliphatic carbocycles. The molecule has 0 aliphatic rings. The first-order valence-corrected chi connectivity index (χ1v) is 7.17. The van der Waals surface area contributed by atoms with Gasteiger partial charge in [0.2, 0.25) is 0 Å². The second-order valence-electron chi connectivity index (χ2n) is 4.33. The number of methoxy groups -OCH3 is 1. The van der Waals surface area contributed by atoms with Gasteiger partial charge in [0.05, 0.1) is 12.7 Å². The van der Waals surface area contributed by atoms with E-state index in [0.717, 1.165) is 25.9 Å². The lowest BCUT2D eigenvalue weighted by molar-refractivity contribution is 0.0814. The van der Waals surface area contributed by atoms with Crippen LogP contribution in [0.1, 0.15) is 17.7 Å². The summed E-state index contributed by atoms with van der Waals surface area (Å²) in [4.78, 5) is 3.56. The van der Waals surface area contributed by atoms with Gasteiger partial charge >= 0.3 is 0 Å². The number of hydrogen-bond acceptors (Lipinski definition) is 4. The Morgan fingerprint density at radius 1 is 1.61 bits per heavy atom. The van der Waals surface area contributed by atoms with Crippen molar-refractivity contribution in [2.24, 2.45) is 0 Å². The van der Waals surface area contributed by atoms with E-state index in [1.54, 1.807) is 18.4 Å². The van der Waals surface area contributed by atoms with Crippen LogP contribution >= 0.6 is 11.3 Å². The molecule has 0 radical (unpaired) electrons. The molecule has 0 aromatic carbocycles. The molecule has 4 heteroatoms. The molecule has 1 aromatic heterocycles. The average Bonchev–Trinajstić information content (AvgIpc) is 2.86. The van der Waals surface area contributed by atoms with Crippen LogP contribution in [0.2, 0.25) is 0 Å². The molecule has 1 aromatic rings. The predicted octanol–water partition coefficient (Wildman–Crippen LogP) is 2.52. The summed E-state index contributed by atoms with van der Waals surface area (Å²) in [6, 6.07) is 4.18. The van der Waals surface area contributed by atoms with Crippen LogP contribution in [0.5, 0.6) is 0 Å². The molecule has 102 valence electrons. The standard InChI is InChI=1S/C14H23NO2S/c1-3-4-6-13(16)11-15(8-9-17-2)12-14-7-5-10-18-14/h3,5,7,10,13,16H,1,4,6,8-9,11-12H2,2H3/t13-/m0/s1. The lowest BCUT2D eigenvalue weighted by Crippen LogP contribution is -2.34. The fraction of sp³-hybridized carbons (Fsp3) is 0.571. The minimum Gasteiger partial charge on any atom is -0.392 e. The summed E-state index contributed by atoms with van der Waals surface area (Å²) in [7, 11) is 1.71. The van der Waals surface area contributed by atoms with E-state index in [-0.39, 0.29) is 6.10 Å². The monoisotopic (exact) mass is 269 g/mol. The summed E-state index contributed by atoms with van der Waals surface area (Å²) in [5.41, 5.74) is 0. The van der Waals surface area contributed by atoms with Crippen molar-refractivity contribution in [3.8, 4) is 0 Å². The van der Waals surface area contributed by atoms with Crippen LogP contribution in [-0.4, -0.2) is 42.9 Å². The normalized spacial score (nSPS) is 12.8. The predicted molar refractivity (Wildman–Crippen MR) is 76.9 cm³/mol. The molecule has 0 saturated heterocycles. The maximum atomic E-state index is 9.95. The Bertz CT molecular complexity index is 314. The average molecular weight is 269 g/mol. The fourth-order valence-electron chi connectivity index (χ4n) is 1.78. The lowest BCUT2D eigenvalue weighted by Gasteiger charge is -2.24. The first kappa shape index (κ1) is 15.4. The number of thiophene rings is 1. The van der Waals surface area contributed by atoms with Gasteiger partial charge in [-0.15, -0.1) is 17.9 Å². The zero-order valence-corrected chi connectivity index (χ0v) is 11.9. The van der Waals surface area contributed by atoms with Crippen LogP contribution in [0.3, 0.4) is 0 Å². The molecule has 0 bridgehead atoms. The third-order valence-electron chi connectivity index (χ3n) is 2.74. The second kappa shape index (κ2) is 9.28. The van der Waals surface area contributed by atoms with E-state index in [0.29, 0.717) is 13.2 Å². The Morgan fingerprint density at radius 3 is 3.06 bits per heavy atom. The van der Waals surface area contributed by atoms with Crippen LogP contribution in [0, 0.1) is 0 Å². The van der Waals surface area contributed by atoms with Gasteiger partial charge in [0.15, 0.2) is 0 Å². The first-order valence-electron chi connectivity index (χ1n) is 6.29. The van der Waals surface area contributed by atoms with E-state index >= 15 is 0 Å². The van der Waals surface area contributed by atoms with Gasteiger partial charge in [0.25, 0.3) is 0 Å². The third-order valence-corrected chi connectivity index (χ3v) is 3.61. The Morgan fingerprint density at radius 2 is 2.44 bits per heavy atom. The quantitative estimate of drug-likeness (QED) is 0.663. The molecule has 1 atom stereocenters. The number of aliphatic hydroxyl groups excluding tert-OH is 1. The maximum absolute atomic E-state index is 9.95. The molecule has 18 heavy (non-hydrogen) atoms. The van der Waals surface area contributed by atoms with E-state index in [1.807, 2.05) is 6.08 Å². The van der Waals surface area contributed by atoms with E-state index < -0.39 is 0 Å². The van der Waals surface area contributed by atoms with Gasteiger partial charge in [-0.3, -0.25) is 4.90 Å². The van der Waals surface area contributed by atoms with E-state index in [2.05, 4.69) is 29.0 Å².